The lowest BCUT2D eigenvalue weighted by Crippen LogP contribution is -2.11. The van der Waals surface area contributed by atoms with Gasteiger partial charge in [-0.15, -0.1) is 0 Å². The molecule has 0 aliphatic carbocycles. The van der Waals surface area contributed by atoms with Gasteiger partial charge in [0.1, 0.15) is 0 Å². The predicted molar refractivity (Wildman–Crippen MR) is 46.8 cm³/mol. The van der Waals surface area contributed by atoms with Gasteiger partial charge in [0.05, 0.1) is 19.3 Å². The first-order chi connectivity index (χ1) is 5.31. The molecule has 0 aromatic rings. The minimum Gasteiger partial charge on any atom is -0.379 e. The van der Waals surface area contributed by atoms with Crippen molar-refractivity contribution >= 4 is 0 Å². The van der Waals surface area contributed by atoms with Crippen molar-refractivity contribution < 1.29 is 9.47 Å². The molecule has 2 nitrogen and oxygen atoms in total. The van der Waals surface area contributed by atoms with Gasteiger partial charge in [-0.2, -0.15) is 0 Å². The zero-order valence-corrected chi connectivity index (χ0v) is 7.93. The van der Waals surface area contributed by atoms with Crippen molar-refractivity contribution in [1.82, 2.24) is 0 Å². The molecular formula is C9H20O2. The van der Waals surface area contributed by atoms with E-state index in [1.165, 1.54) is 0 Å². The predicted octanol–water partition coefficient (Wildman–Crippen LogP) is 2.23. The van der Waals surface area contributed by atoms with E-state index in [1.807, 2.05) is 0 Å². The highest BCUT2D eigenvalue weighted by atomic mass is 16.5. The second-order valence-corrected chi connectivity index (χ2v) is 2.70. The summed E-state index contributed by atoms with van der Waals surface area (Å²) in [6.45, 7) is 8.63. The van der Waals surface area contributed by atoms with Crippen LogP contribution in [0.5, 0.6) is 0 Å². The van der Waals surface area contributed by atoms with E-state index in [0.717, 1.165) is 32.7 Å². The van der Waals surface area contributed by atoms with Crippen LogP contribution in [0.1, 0.15) is 33.6 Å². The molecule has 11 heavy (non-hydrogen) atoms. The van der Waals surface area contributed by atoms with Gasteiger partial charge >= 0.3 is 0 Å². The number of hydrogen-bond donors (Lipinski definition) is 0. The van der Waals surface area contributed by atoms with E-state index >= 15 is 0 Å². The minimum absolute atomic E-state index is 0.375. The van der Waals surface area contributed by atoms with Crippen LogP contribution in [0.4, 0.5) is 0 Å². The molecule has 0 amide bonds. The van der Waals surface area contributed by atoms with Gasteiger partial charge in [0.15, 0.2) is 0 Å². The van der Waals surface area contributed by atoms with E-state index in [1.54, 1.807) is 0 Å². The number of rotatable bonds is 7. The molecule has 0 aliphatic heterocycles. The average molecular weight is 160 g/mol. The van der Waals surface area contributed by atoms with Crippen molar-refractivity contribution in [3.8, 4) is 0 Å². The first-order valence-electron chi connectivity index (χ1n) is 4.50. The Morgan fingerprint density at radius 1 is 1.09 bits per heavy atom. The maximum absolute atomic E-state index is 5.41. The molecule has 0 spiro atoms. The molecule has 1 unspecified atom stereocenters. The summed E-state index contributed by atoms with van der Waals surface area (Å²) in [4.78, 5) is 0. The van der Waals surface area contributed by atoms with E-state index in [4.69, 9.17) is 9.47 Å². The van der Waals surface area contributed by atoms with E-state index in [0.29, 0.717) is 6.10 Å². The summed E-state index contributed by atoms with van der Waals surface area (Å²) in [5.41, 5.74) is 0. The van der Waals surface area contributed by atoms with Gasteiger partial charge in [0.25, 0.3) is 0 Å². The molecule has 0 N–H and O–H groups in total. The molecule has 0 fully saturated rings. The largest absolute Gasteiger partial charge is 0.379 e. The molecule has 0 aliphatic rings. The van der Waals surface area contributed by atoms with Crippen LogP contribution >= 0.6 is 0 Å². The standard InChI is InChI=1S/C9H20O2/c1-4-6-10-7-8-11-9(3)5-2/h9H,4-8H2,1-3H3. The molecule has 0 heterocycles. The third-order valence-corrected chi connectivity index (χ3v) is 1.55. The molecule has 68 valence electrons. The molecule has 0 radical (unpaired) electrons. The van der Waals surface area contributed by atoms with Gasteiger partial charge in [-0.05, 0) is 19.8 Å². The van der Waals surface area contributed by atoms with Crippen LogP contribution < -0.4 is 0 Å². The zero-order chi connectivity index (χ0) is 8.53. The maximum Gasteiger partial charge on any atom is 0.0704 e. The van der Waals surface area contributed by atoms with Crippen LogP contribution in [0.15, 0.2) is 0 Å². The summed E-state index contributed by atoms with van der Waals surface area (Å²) in [6.07, 6.45) is 2.54. The molecular weight excluding hydrogens is 140 g/mol. The normalized spacial score (nSPS) is 13.4. The maximum atomic E-state index is 5.41. The molecule has 1 atom stereocenters. The first kappa shape index (κ1) is 10.9. The molecule has 0 bridgehead atoms. The van der Waals surface area contributed by atoms with E-state index in [9.17, 15) is 0 Å². The third-order valence-electron chi connectivity index (χ3n) is 1.55. The fourth-order valence-corrected chi connectivity index (χ4v) is 0.672. The smallest absolute Gasteiger partial charge is 0.0704 e. The van der Waals surface area contributed by atoms with Gasteiger partial charge < -0.3 is 9.47 Å². The van der Waals surface area contributed by atoms with E-state index in [2.05, 4.69) is 20.8 Å². The topological polar surface area (TPSA) is 18.5 Å². The Kier molecular flexibility index (Phi) is 7.96. The first-order valence-corrected chi connectivity index (χ1v) is 4.50. The zero-order valence-electron chi connectivity index (χ0n) is 7.93. The molecule has 0 saturated carbocycles. The third kappa shape index (κ3) is 7.82. The molecule has 0 aromatic carbocycles. The Bertz CT molecular complexity index is 74.0. The van der Waals surface area contributed by atoms with Gasteiger partial charge in [0, 0.05) is 6.61 Å². The molecule has 0 rings (SSSR count). The van der Waals surface area contributed by atoms with Crippen LogP contribution in [0, 0.1) is 0 Å². The monoisotopic (exact) mass is 160 g/mol. The van der Waals surface area contributed by atoms with Crippen molar-refractivity contribution in [2.75, 3.05) is 19.8 Å². The lowest BCUT2D eigenvalue weighted by Gasteiger charge is -2.09. The van der Waals surface area contributed by atoms with Crippen molar-refractivity contribution in [3.63, 3.8) is 0 Å². The van der Waals surface area contributed by atoms with E-state index < -0.39 is 0 Å². The van der Waals surface area contributed by atoms with Gasteiger partial charge in [0.2, 0.25) is 0 Å². The lowest BCUT2D eigenvalue weighted by molar-refractivity contribution is 0.0113. The molecule has 0 aromatic heterocycles. The summed E-state index contributed by atoms with van der Waals surface area (Å²) in [5.74, 6) is 0. The highest BCUT2D eigenvalue weighted by Crippen LogP contribution is 1.94. The summed E-state index contributed by atoms with van der Waals surface area (Å²) >= 11 is 0. The highest BCUT2D eigenvalue weighted by molar-refractivity contribution is 4.43. The Labute approximate surface area is 69.9 Å². The van der Waals surface area contributed by atoms with Crippen LogP contribution in [0.2, 0.25) is 0 Å². The van der Waals surface area contributed by atoms with Gasteiger partial charge in [-0.25, -0.2) is 0 Å². The Morgan fingerprint density at radius 2 is 1.82 bits per heavy atom. The second kappa shape index (κ2) is 8.02. The van der Waals surface area contributed by atoms with Crippen molar-refractivity contribution in [1.29, 1.82) is 0 Å². The highest BCUT2D eigenvalue weighted by Gasteiger charge is 1.96. The molecule has 0 saturated heterocycles. The van der Waals surface area contributed by atoms with Gasteiger partial charge in [-0.3, -0.25) is 0 Å². The fourth-order valence-electron chi connectivity index (χ4n) is 0.672. The average Bonchev–Trinajstić information content (AvgIpc) is 2.04. The SMILES string of the molecule is CCCOCCOC(C)CC. The summed E-state index contributed by atoms with van der Waals surface area (Å²) < 4.78 is 10.7. The van der Waals surface area contributed by atoms with Crippen LogP contribution in [0.3, 0.4) is 0 Å². The van der Waals surface area contributed by atoms with Crippen LogP contribution in [-0.4, -0.2) is 25.9 Å². The Balaban J connectivity index is 2.89. The summed E-state index contributed by atoms with van der Waals surface area (Å²) in [7, 11) is 0. The van der Waals surface area contributed by atoms with Crippen LogP contribution in [0.25, 0.3) is 0 Å². The quantitative estimate of drug-likeness (QED) is 0.532. The Morgan fingerprint density at radius 3 is 2.36 bits per heavy atom. The van der Waals surface area contributed by atoms with Gasteiger partial charge in [-0.1, -0.05) is 13.8 Å². The minimum atomic E-state index is 0.375. The fraction of sp³-hybridized carbons (Fsp3) is 1.00. The lowest BCUT2D eigenvalue weighted by atomic mass is 10.3. The summed E-state index contributed by atoms with van der Waals surface area (Å²) in [6, 6.07) is 0. The number of hydrogen-bond acceptors (Lipinski definition) is 2. The van der Waals surface area contributed by atoms with Crippen molar-refractivity contribution in [2.45, 2.75) is 39.7 Å². The number of ether oxygens (including phenoxy) is 2. The second-order valence-electron chi connectivity index (χ2n) is 2.70. The Hall–Kier alpha value is -0.0800. The molecule has 2 heteroatoms. The summed E-state index contributed by atoms with van der Waals surface area (Å²) in [5, 5.41) is 0. The van der Waals surface area contributed by atoms with Crippen LogP contribution in [-0.2, 0) is 9.47 Å². The van der Waals surface area contributed by atoms with Crippen molar-refractivity contribution in [3.05, 3.63) is 0 Å². The van der Waals surface area contributed by atoms with E-state index in [-0.39, 0.29) is 0 Å². The van der Waals surface area contributed by atoms with Crippen molar-refractivity contribution in [2.24, 2.45) is 0 Å².